The van der Waals surface area contributed by atoms with E-state index < -0.39 is 0 Å². The molecular weight excluding hydrogens is 238 g/mol. The Hall–Kier alpha value is -0.610. The van der Waals surface area contributed by atoms with Gasteiger partial charge in [0, 0.05) is 19.1 Å². The van der Waals surface area contributed by atoms with Gasteiger partial charge in [-0.2, -0.15) is 0 Å². The molecule has 1 aliphatic rings. The van der Waals surface area contributed by atoms with Crippen molar-refractivity contribution in [2.45, 2.75) is 52.6 Å². The van der Waals surface area contributed by atoms with Crippen LogP contribution in [-0.4, -0.2) is 54.5 Å². The average molecular weight is 269 g/mol. The molecule has 1 amide bonds. The Balaban J connectivity index is 2.64. The van der Waals surface area contributed by atoms with Gasteiger partial charge in [0.2, 0.25) is 5.91 Å². The van der Waals surface area contributed by atoms with Crippen LogP contribution in [0.15, 0.2) is 0 Å². The van der Waals surface area contributed by atoms with Crippen LogP contribution in [0.2, 0.25) is 0 Å². The minimum absolute atomic E-state index is 0.109. The highest BCUT2D eigenvalue weighted by Crippen LogP contribution is 2.18. The molecule has 0 spiro atoms. The summed E-state index contributed by atoms with van der Waals surface area (Å²) in [6.07, 6.45) is 2.45. The lowest BCUT2D eigenvalue weighted by Crippen LogP contribution is -2.52. The highest BCUT2D eigenvalue weighted by Gasteiger charge is 2.28. The number of carbonyl (C=O) groups excluding carboxylic acids is 1. The fraction of sp³-hybridized carbons (Fsp3) is 0.933. The summed E-state index contributed by atoms with van der Waals surface area (Å²) in [6.45, 7) is 11.3. The zero-order valence-corrected chi connectivity index (χ0v) is 13.2. The molecule has 19 heavy (non-hydrogen) atoms. The molecule has 0 aromatic carbocycles. The number of carbonyl (C=O) groups is 1. The SMILES string of the molecule is CC(C)C(N)C(=O)N(CC1CCCN(C)C1)C(C)C. The summed E-state index contributed by atoms with van der Waals surface area (Å²) in [5.41, 5.74) is 6.03. The van der Waals surface area contributed by atoms with Crippen LogP contribution in [0.5, 0.6) is 0 Å². The monoisotopic (exact) mass is 269 g/mol. The van der Waals surface area contributed by atoms with E-state index in [-0.39, 0.29) is 23.9 Å². The van der Waals surface area contributed by atoms with Gasteiger partial charge < -0.3 is 15.5 Å². The van der Waals surface area contributed by atoms with E-state index in [0.29, 0.717) is 5.92 Å². The van der Waals surface area contributed by atoms with E-state index in [9.17, 15) is 4.79 Å². The minimum Gasteiger partial charge on any atom is -0.339 e. The second-order valence-electron chi connectivity index (χ2n) is 6.62. The standard InChI is InChI=1S/C15H31N3O/c1-11(2)14(16)15(19)18(12(3)4)10-13-7-6-8-17(5)9-13/h11-14H,6-10,16H2,1-5H3. The zero-order chi connectivity index (χ0) is 14.6. The van der Waals surface area contributed by atoms with E-state index >= 15 is 0 Å². The average Bonchev–Trinajstić information content (AvgIpc) is 2.33. The molecule has 0 radical (unpaired) electrons. The molecule has 112 valence electrons. The van der Waals surface area contributed by atoms with Gasteiger partial charge in [-0.3, -0.25) is 4.79 Å². The summed E-state index contributed by atoms with van der Waals surface area (Å²) >= 11 is 0. The van der Waals surface area contributed by atoms with Crippen molar-refractivity contribution in [2.75, 3.05) is 26.7 Å². The fourth-order valence-electron chi connectivity index (χ4n) is 2.73. The van der Waals surface area contributed by atoms with E-state index in [0.717, 1.165) is 13.1 Å². The van der Waals surface area contributed by atoms with Crippen molar-refractivity contribution in [2.24, 2.45) is 17.6 Å². The first-order chi connectivity index (χ1) is 8.82. The number of piperidine rings is 1. The van der Waals surface area contributed by atoms with Crippen LogP contribution in [0.1, 0.15) is 40.5 Å². The largest absolute Gasteiger partial charge is 0.339 e. The summed E-state index contributed by atoms with van der Waals surface area (Å²) in [5.74, 6) is 0.894. The van der Waals surface area contributed by atoms with Gasteiger partial charge in [0.1, 0.15) is 0 Å². The topological polar surface area (TPSA) is 49.6 Å². The molecule has 1 saturated heterocycles. The summed E-state index contributed by atoms with van der Waals surface area (Å²) in [6, 6.07) is -0.145. The Morgan fingerprint density at radius 1 is 1.37 bits per heavy atom. The molecule has 0 saturated carbocycles. The minimum atomic E-state index is -0.372. The van der Waals surface area contributed by atoms with Gasteiger partial charge in [-0.25, -0.2) is 0 Å². The molecule has 0 aromatic heterocycles. The van der Waals surface area contributed by atoms with Crippen LogP contribution in [0, 0.1) is 11.8 Å². The Kier molecular flexibility index (Phi) is 6.27. The summed E-state index contributed by atoms with van der Waals surface area (Å²) in [7, 11) is 2.16. The number of hydrogen-bond acceptors (Lipinski definition) is 3. The Morgan fingerprint density at radius 3 is 2.47 bits per heavy atom. The van der Waals surface area contributed by atoms with Gasteiger partial charge in [0.05, 0.1) is 6.04 Å². The van der Waals surface area contributed by atoms with Gasteiger partial charge in [-0.05, 0) is 52.1 Å². The van der Waals surface area contributed by atoms with Crippen molar-refractivity contribution in [3.05, 3.63) is 0 Å². The molecule has 4 nitrogen and oxygen atoms in total. The van der Waals surface area contributed by atoms with Crippen LogP contribution in [-0.2, 0) is 4.79 Å². The van der Waals surface area contributed by atoms with E-state index in [1.54, 1.807) is 0 Å². The molecule has 1 fully saturated rings. The van der Waals surface area contributed by atoms with Crippen LogP contribution in [0.25, 0.3) is 0 Å². The summed E-state index contributed by atoms with van der Waals surface area (Å²) in [5, 5.41) is 0. The Labute approximate surface area is 118 Å². The quantitative estimate of drug-likeness (QED) is 0.824. The van der Waals surface area contributed by atoms with Gasteiger partial charge in [-0.1, -0.05) is 13.8 Å². The second kappa shape index (κ2) is 7.25. The van der Waals surface area contributed by atoms with Crippen LogP contribution >= 0.6 is 0 Å². The first-order valence-electron chi connectivity index (χ1n) is 7.57. The van der Waals surface area contributed by atoms with Crippen LogP contribution < -0.4 is 5.73 Å². The predicted octanol–water partition coefficient (Wildman–Crippen LogP) is 1.55. The summed E-state index contributed by atoms with van der Waals surface area (Å²) < 4.78 is 0. The maximum absolute atomic E-state index is 12.5. The third kappa shape index (κ3) is 4.77. The van der Waals surface area contributed by atoms with Crippen molar-refractivity contribution in [3.8, 4) is 0 Å². The third-order valence-electron chi connectivity index (χ3n) is 4.09. The first-order valence-corrected chi connectivity index (χ1v) is 7.57. The third-order valence-corrected chi connectivity index (χ3v) is 4.09. The van der Waals surface area contributed by atoms with Crippen molar-refractivity contribution in [1.29, 1.82) is 0 Å². The van der Waals surface area contributed by atoms with Gasteiger partial charge in [0.15, 0.2) is 0 Å². The molecule has 2 N–H and O–H groups in total. The maximum atomic E-state index is 12.5. The van der Waals surface area contributed by atoms with E-state index in [1.165, 1.54) is 19.4 Å². The van der Waals surface area contributed by atoms with E-state index in [1.807, 2.05) is 18.7 Å². The molecule has 0 aromatic rings. The molecule has 2 unspecified atom stereocenters. The van der Waals surface area contributed by atoms with Crippen molar-refractivity contribution < 1.29 is 4.79 Å². The number of nitrogens with two attached hydrogens (primary N) is 1. The van der Waals surface area contributed by atoms with Gasteiger partial charge >= 0.3 is 0 Å². The Morgan fingerprint density at radius 2 is 2.00 bits per heavy atom. The molecule has 0 aliphatic carbocycles. The predicted molar refractivity (Wildman–Crippen MR) is 79.9 cm³/mol. The highest BCUT2D eigenvalue weighted by atomic mass is 16.2. The van der Waals surface area contributed by atoms with Gasteiger partial charge in [-0.15, -0.1) is 0 Å². The first kappa shape index (κ1) is 16.4. The lowest BCUT2D eigenvalue weighted by Gasteiger charge is -2.37. The lowest BCUT2D eigenvalue weighted by molar-refractivity contribution is -0.136. The lowest BCUT2D eigenvalue weighted by atomic mass is 9.96. The fourth-order valence-corrected chi connectivity index (χ4v) is 2.73. The molecule has 1 heterocycles. The summed E-state index contributed by atoms with van der Waals surface area (Å²) in [4.78, 5) is 16.8. The molecule has 1 aliphatic heterocycles. The molecular formula is C15H31N3O. The highest BCUT2D eigenvalue weighted by molar-refractivity contribution is 5.82. The maximum Gasteiger partial charge on any atom is 0.239 e. The van der Waals surface area contributed by atoms with Crippen LogP contribution in [0.3, 0.4) is 0 Å². The van der Waals surface area contributed by atoms with E-state index in [2.05, 4.69) is 25.8 Å². The normalized spacial score (nSPS) is 22.8. The van der Waals surface area contributed by atoms with Gasteiger partial charge in [0.25, 0.3) is 0 Å². The molecule has 2 atom stereocenters. The molecule has 1 rings (SSSR count). The van der Waals surface area contributed by atoms with Crippen molar-refractivity contribution >= 4 is 5.91 Å². The van der Waals surface area contributed by atoms with Crippen molar-refractivity contribution in [1.82, 2.24) is 9.80 Å². The number of nitrogens with zero attached hydrogens (tertiary/aromatic N) is 2. The van der Waals surface area contributed by atoms with Crippen molar-refractivity contribution in [3.63, 3.8) is 0 Å². The second-order valence-corrected chi connectivity index (χ2v) is 6.62. The number of hydrogen-bond donors (Lipinski definition) is 1. The Bertz CT molecular complexity index is 291. The van der Waals surface area contributed by atoms with E-state index in [4.69, 9.17) is 5.73 Å². The molecule has 4 heteroatoms. The molecule has 0 bridgehead atoms. The number of likely N-dealkylation sites (tertiary alicyclic amines) is 1. The zero-order valence-electron chi connectivity index (χ0n) is 13.2. The van der Waals surface area contributed by atoms with Crippen LogP contribution in [0.4, 0.5) is 0 Å². The number of rotatable bonds is 5. The number of amides is 1. The smallest absolute Gasteiger partial charge is 0.239 e.